The number of aliphatic hydroxyl groups is 1. The van der Waals surface area contributed by atoms with E-state index in [-0.39, 0.29) is 12.8 Å². The monoisotopic (exact) mass is 287 g/mol. The minimum atomic E-state index is -0.000133. The Kier molecular flexibility index (Phi) is 4.32. The summed E-state index contributed by atoms with van der Waals surface area (Å²) in [6.07, 6.45) is 5.36. The molecule has 2 aliphatic heterocycles. The molecule has 3 rings (SSSR count). The van der Waals surface area contributed by atoms with Gasteiger partial charge in [0, 0.05) is 25.3 Å². The molecule has 1 fully saturated rings. The van der Waals surface area contributed by atoms with E-state index in [9.17, 15) is 5.11 Å². The Morgan fingerprint density at radius 3 is 2.76 bits per heavy atom. The third-order valence-electron chi connectivity index (χ3n) is 4.61. The molecule has 0 spiro atoms. The van der Waals surface area contributed by atoms with Gasteiger partial charge in [0.25, 0.3) is 0 Å². The highest BCUT2D eigenvalue weighted by Crippen LogP contribution is 2.34. The van der Waals surface area contributed by atoms with Crippen molar-refractivity contribution in [1.82, 2.24) is 4.90 Å². The van der Waals surface area contributed by atoms with Gasteiger partial charge in [0.2, 0.25) is 0 Å². The Hall–Kier alpha value is -1.32. The molecule has 0 amide bonds. The van der Waals surface area contributed by atoms with Crippen LogP contribution in [0.2, 0.25) is 0 Å². The second kappa shape index (κ2) is 6.20. The number of nitrogens with zero attached hydrogens (tertiary/aromatic N) is 1. The fourth-order valence-corrected chi connectivity index (χ4v) is 3.25. The minimum Gasteiger partial charge on any atom is -0.471 e. The number of benzene rings is 1. The first-order valence-electron chi connectivity index (χ1n) is 8.00. The van der Waals surface area contributed by atoms with Crippen molar-refractivity contribution in [3.8, 4) is 5.75 Å². The summed E-state index contributed by atoms with van der Waals surface area (Å²) >= 11 is 0. The molecule has 1 N–H and O–H groups in total. The Bertz CT molecular complexity index is 530. The largest absolute Gasteiger partial charge is 0.471 e. The number of fused-ring (bicyclic) bond motifs is 1. The lowest BCUT2D eigenvalue weighted by atomic mass is 9.96. The van der Waals surface area contributed by atoms with Gasteiger partial charge in [-0.2, -0.15) is 0 Å². The number of ether oxygens (including phenoxy) is 1. The van der Waals surface area contributed by atoms with E-state index in [1.54, 1.807) is 0 Å². The average molecular weight is 287 g/mol. The van der Waals surface area contributed by atoms with E-state index in [1.807, 2.05) is 0 Å². The van der Waals surface area contributed by atoms with Gasteiger partial charge in [0.05, 0.1) is 0 Å². The summed E-state index contributed by atoms with van der Waals surface area (Å²) < 4.78 is 6.27. The number of hydrogen-bond acceptors (Lipinski definition) is 3. The molecule has 1 saturated heterocycles. The Morgan fingerprint density at radius 2 is 2.05 bits per heavy atom. The molecule has 0 aromatic heterocycles. The maximum Gasteiger partial charge on any atom is 0.175 e. The lowest BCUT2D eigenvalue weighted by Gasteiger charge is -2.39. The normalized spacial score (nSPS) is 23.4. The standard InChI is InChI=1S/C18H25NO2/c1-13-5-8-19(9-6-13)18-15(7-10-20)12-16-11-14(2)3-4-17(16)21-18/h3-4,11-13,18,20H,5-10H2,1-2H3. The molecule has 0 bridgehead atoms. The lowest BCUT2D eigenvalue weighted by molar-refractivity contribution is 0.0238. The van der Waals surface area contributed by atoms with Gasteiger partial charge in [0.1, 0.15) is 5.75 Å². The molecule has 0 aliphatic carbocycles. The predicted molar refractivity (Wildman–Crippen MR) is 85.2 cm³/mol. The second-order valence-electron chi connectivity index (χ2n) is 6.42. The Balaban J connectivity index is 1.86. The SMILES string of the molecule is Cc1ccc2c(c1)C=C(CCO)C(N1CCC(C)CC1)O2. The van der Waals surface area contributed by atoms with Gasteiger partial charge in [-0.25, -0.2) is 0 Å². The third kappa shape index (κ3) is 3.14. The lowest BCUT2D eigenvalue weighted by Crippen LogP contribution is -2.46. The van der Waals surface area contributed by atoms with Crippen LogP contribution in [0.25, 0.3) is 6.08 Å². The van der Waals surface area contributed by atoms with Gasteiger partial charge in [-0.1, -0.05) is 18.6 Å². The van der Waals surface area contributed by atoms with E-state index >= 15 is 0 Å². The maximum absolute atomic E-state index is 9.36. The minimum absolute atomic E-state index is 0.000133. The van der Waals surface area contributed by atoms with E-state index < -0.39 is 0 Å². The molecule has 1 unspecified atom stereocenters. The summed E-state index contributed by atoms with van der Waals surface area (Å²) in [4.78, 5) is 2.42. The van der Waals surface area contributed by atoms with Crippen LogP contribution in [-0.4, -0.2) is 35.9 Å². The van der Waals surface area contributed by atoms with Crippen LogP contribution in [-0.2, 0) is 0 Å². The summed E-state index contributed by atoms with van der Waals surface area (Å²) in [5, 5.41) is 9.36. The first-order valence-corrected chi connectivity index (χ1v) is 8.00. The summed E-state index contributed by atoms with van der Waals surface area (Å²) in [6.45, 7) is 6.75. The van der Waals surface area contributed by atoms with Crippen molar-refractivity contribution in [2.24, 2.45) is 5.92 Å². The molecule has 21 heavy (non-hydrogen) atoms. The summed E-state index contributed by atoms with van der Waals surface area (Å²) in [7, 11) is 0. The van der Waals surface area contributed by atoms with Crippen molar-refractivity contribution in [3.63, 3.8) is 0 Å². The quantitative estimate of drug-likeness (QED) is 0.926. The summed E-state index contributed by atoms with van der Waals surface area (Å²) in [6, 6.07) is 6.32. The third-order valence-corrected chi connectivity index (χ3v) is 4.61. The Labute approximate surface area is 127 Å². The predicted octanol–water partition coefficient (Wildman–Crippen LogP) is 3.21. The molecule has 2 heterocycles. The van der Waals surface area contributed by atoms with Crippen LogP contribution < -0.4 is 4.74 Å². The van der Waals surface area contributed by atoms with Crippen LogP contribution >= 0.6 is 0 Å². The molecular formula is C18H25NO2. The first kappa shape index (κ1) is 14.6. The van der Waals surface area contributed by atoms with E-state index in [4.69, 9.17) is 4.74 Å². The molecule has 1 atom stereocenters. The van der Waals surface area contributed by atoms with E-state index in [2.05, 4.69) is 43.0 Å². The molecule has 3 heteroatoms. The van der Waals surface area contributed by atoms with Crippen molar-refractivity contribution in [2.45, 2.75) is 39.3 Å². The number of aryl methyl sites for hydroxylation is 1. The van der Waals surface area contributed by atoms with Gasteiger partial charge in [0.15, 0.2) is 6.23 Å². The van der Waals surface area contributed by atoms with Crippen molar-refractivity contribution in [2.75, 3.05) is 19.7 Å². The summed E-state index contributed by atoms with van der Waals surface area (Å²) in [5.41, 5.74) is 3.58. The van der Waals surface area contributed by atoms with Crippen LogP contribution in [0, 0.1) is 12.8 Å². The maximum atomic E-state index is 9.36. The van der Waals surface area contributed by atoms with Gasteiger partial charge >= 0.3 is 0 Å². The van der Waals surface area contributed by atoms with Crippen LogP contribution in [0.5, 0.6) is 5.75 Å². The van der Waals surface area contributed by atoms with Crippen LogP contribution in [0.3, 0.4) is 0 Å². The number of aliphatic hydroxyl groups excluding tert-OH is 1. The van der Waals surface area contributed by atoms with E-state index in [0.717, 1.165) is 30.3 Å². The van der Waals surface area contributed by atoms with Crippen LogP contribution in [0.4, 0.5) is 0 Å². The van der Waals surface area contributed by atoms with Gasteiger partial charge < -0.3 is 9.84 Å². The van der Waals surface area contributed by atoms with Crippen LogP contribution in [0.1, 0.15) is 37.3 Å². The summed E-state index contributed by atoms with van der Waals surface area (Å²) in [5.74, 6) is 1.77. The van der Waals surface area contributed by atoms with Crippen molar-refractivity contribution in [1.29, 1.82) is 0 Å². The fraction of sp³-hybridized carbons (Fsp3) is 0.556. The molecule has 3 nitrogen and oxygen atoms in total. The smallest absolute Gasteiger partial charge is 0.175 e. The van der Waals surface area contributed by atoms with Gasteiger partial charge in [-0.3, -0.25) is 4.90 Å². The van der Waals surface area contributed by atoms with Gasteiger partial charge in [-0.15, -0.1) is 0 Å². The highest BCUT2D eigenvalue weighted by Gasteiger charge is 2.30. The first-order chi connectivity index (χ1) is 10.2. The second-order valence-corrected chi connectivity index (χ2v) is 6.42. The van der Waals surface area contributed by atoms with Crippen molar-refractivity contribution >= 4 is 6.08 Å². The zero-order chi connectivity index (χ0) is 14.8. The number of likely N-dealkylation sites (tertiary alicyclic amines) is 1. The van der Waals surface area contributed by atoms with E-state index in [1.165, 1.54) is 24.0 Å². The molecular weight excluding hydrogens is 262 g/mol. The highest BCUT2D eigenvalue weighted by atomic mass is 16.5. The van der Waals surface area contributed by atoms with Crippen molar-refractivity contribution < 1.29 is 9.84 Å². The molecule has 0 saturated carbocycles. The fourth-order valence-electron chi connectivity index (χ4n) is 3.25. The average Bonchev–Trinajstić information content (AvgIpc) is 2.48. The number of piperidine rings is 1. The number of hydrogen-bond donors (Lipinski definition) is 1. The van der Waals surface area contributed by atoms with Crippen LogP contribution in [0.15, 0.2) is 23.8 Å². The van der Waals surface area contributed by atoms with Crippen molar-refractivity contribution in [3.05, 3.63) is 34.9 Å². The van der Waals surface area contributed by atoms with E-state index in [0.29, 0.717) is 6.42 Å². The van der Waals surface area contributed by atoms with Gasteiger partial charge in [-0.05, 0) is 55.9 Å². The highest BCUT2D eigenvalue weighted by molar-refractivity contribution is 5.63. The molecule has 2 aliphatic rings. The zero-order valence-electron chi connectivity index (χ0n) is 13.0. The Morgan fingerprint density at radius 1 is 1.29 bits per heavy atom. The topological polar surface area (TPSA) is 32.7 Å². The molecule has 1 aromatic rings. The zero-order valence-corrected chi connectivity index (χ0v) is 13.0. The molecule has 1 aromatic carbocycles. The molecule has 0 radical (unpaired) electrons. The number of rotatable bonds is 3. The molecule has 114 valence electrons.